The summed E-state index contributed by atoms with van der Waals surface area (Å²) >= 11 is 0. The number of hydrogen-bond donors (Lipinski definition) is 2. The molecule has 4 N–H and O–H groups in total. The second-order valence-electron chi connectivity index (χ2n) is 7.78. The minimum Gasteiger partial charge on any atom is -0.462 e. The van der Waals surface area contributed by atoms with Crippen LogP contribution in [0, 0.1) is 0 Å². The van der Waals surface area contributed by atoms with Crippen molar-refractivity contribution in [2.75, 3.05) is 18.1 Å². The second-order valence-corrected chi connectivity index (χ2v) is 7.78. The van der Waals surface area contributed by atoms with Gasteiger partial charge in [-0.15, -0.1) is 0 Å². The van der Waals surface area contributed by atoms with Crippen LogP contribution in [0.25, 0.3) is 11.0 Å². The van der Waals surface area contributed by atoms with Crippen LogP contribution in [-0.2, 0) is 24.5 Å². The predicted molar refractivity (Wildman–Crippen MR) is 120 cm³/mol. The number of benzene rings is 2. The number of rotatable bonds is 4. The van der Waals surface area contributed by atoms with Crippen molar-refractivity contribution >= 4 is 34.4 Å². The number of para-hydroxylation sites is 2. The van der Waals surface area contributed by atoms with E-state index >= 15 is 0 Å². The van der Waals surface area contributed by atoms with Crippen LogP contribution in [0.3, 0.4) is 0 Å². The Morgan fingerprint density at radius 1 is 1.09 bits per heavy atom. The molecule has 3 aromatic rings. The van der Waals surface area contributed by atoms with Gasteiger partial charge >= 0.3 is 11.6 Å². The van der Waals surface area contributed by atoms with Gasteiger partial charge in [-0.3, -0.25) is 9.59 Å². The lowest BCUT2D eigenvalue weighted by Crippen LogP contribution is -2.52. The Labute approximate surface area is 192 Å². The highest BCUT2D eigenvalue weighted by Crippen LogP contribution is 2.55. The number of nitrogens with two attached hydrogens (primary N) is 2. The molecule has 0 saturated heterocycles. The van der Waals surface area contributed by atoms with Crippen molar-refractivity contribution in [1.29, 1.82) is 0 Å². The molecule has 5 rings (SSSR count). The SMILES string of the molecule is CCOC(=O)C1=C(N)Oc2c(c(=O)oc3ccccc23)C12C(=O)N(CC(N)=O)c1ccccc12. The van der Waals surface area contributed by atoms with Crippen molar-refractivity contribution in [2.24, 2.45) is 11.5 Å². The van der Waals surface area contributed by atoms with E-state index in [9.17, 15) is 19.2 Å². The van der Waals surface area contributed by atoms with E-state index in [-0.39, 0.29) is 34.6 Å². The van der Waals surface area contributed by atoms with E-state index in [0.29, 0.717) is 11.1 Å². The van der Waals surface area contributed by atoms with Crippen LogP contribution >= 0.6 is 0 Å². The molecule has 2 aliphatic heterocycles. The van der Waals surface area contributed by atoms with Gasteiger partial charge in [-0.2, -0.15) is 0 Å². The summed E-state index contributed by atoms with van der Waals surface area (Å²) in [4.78, 5) is 53.8. The van der Waals surface area contributed by atoms with E-state index in [1.54, 1.807) is 55.5 Å². The van der Waals surface area contributed by atoms with E-state index < -0.39 is 41.3 Å². The molecule has 1 spiro atoms. The van der Waals surface area contributed by atoms with Crippen molar-refractivity contribution in [1.82, 2.24) is 0 Å². The Morgan fingerprint density at radius 2 is 1.79 bits per heavy atom. The third-order valence-corrected chi connectivity index (χ3v) is 5.93. The summed E-state index contributed by atoms with van der Waals surface area (Å²) in [7, 11) is 0. The number of anilines is 1. The Hall–Kier alpha value is -4.60. The summed E-state index contributed by atoms with van der Waals surface area (Å²) in [5.41, 5.74) is 8.85. The standard InChI is InChI=1S/C24H19N3O7/c1-2-32-21(29)18-20(26)34-19-12-7-3-6-10-15(12)33-22(30)17(19)24(18)13-8-4-5-9-14(13)27(23(24)31)11-16(25)28/h3-10H,2,11,26H2,1H3,(H2,25,28). The van der Waals surface area contributed by atoms with Crippen LogP contribution in [-0.4, -0.2) is 30.9 Å². The quantitative estimate of drug-likeness (QED) is 0.431. The number of carbonyl (C=O) groups is 3. The van der Waals surface area contributed by atoms with Gasteiger partial charge in [0.15, 0.2) is 5.75 Å². The summed E-state index contributed by atoms with van der Waals surface area (Å²) in [5, 5.41) is 0.376. The van der Waals surface area contributed by atoms with Gasteiger partial charge in [0.2, 0.25) is 17.7 Å². The number of esters is 1. The van der Waals surface area contributed by atoms with E-state index in [0.717, 1.165) is 4.90 Å². The van der Waals surface area contributed by atoms with Crippen molar-refractivity contribution in [3.05, 3.63) is 81.5 Å². The van der Waals surface area contributed by atoms with Crippen LogP contribution < -0.4 is 26.7 Å². The molecule has 34 heavy (non-hydrogen) atoms. The fourth-order valence-electron chi connectivity index (χ4n) is 4.73. The lowest BCUT2D eigenvalue weighted by Gasteiger charge is -2.35. The average molecular weight is 461 g/mol. The van der Waals surface area contributed by atoms with Crippen molar-refractivity contribution < 1.29 is 28.3 Å². The first-order valence-electron chi connectivity index (χ1n) is 10.4. The fourth-order valence-corrected chi connectivity index (χ4v) is 4.73. The molecular weight excluding hydrogens is 442 g/mol. The molecule has 0 aliphatic carbocycles. The lowest BCUT2D eigenvalue weighted by molar-refractivity contribution is -0.140. The highest BCUT2D eigenvalue weighted by molar-refractivity contribution is 6.20. The second kappa shape index (κ2) is 7.48. The molecule has 0 saturated carbocycles. The number of primary amides is 1. The molecule has 2 aliphatic rings. The summed E-state index contributed by atoms with van der Waals surface area (Å²) in [6.07, 6.45) is 0. The molecule has 2 aromatic carbocycles. The first-order chi connectivity index (χ1) is 16.3. The maximum Gasteiger partial charge on any atom is 0.345 e. The third kappa shape index (κ3) is 2.68. The fraction of sp³-hybridized carbons (Fsp3) is 0.167. The molecule has 172 valence electrons. The Balaban J connectivity index is 1.96. The molecule has 1 aromatic heterocycles. The smallest absolute Gasteiger partial charge is 0.345 e. The van der Waals surface area contributed by atoms with E-state index in [2.05, 4.69) is 0 Å². The third-order valence-electron chi connectivity index (χ3n) is 5.93. The van der Waals surface area contributed by atoms with Gasteiger partial charge in [0, 0.05) is 11.3 Å². The predicted octanol–water partition coefficient (Wildman–Crippen LogP) is 1.04. The number of carbonyl (C=O) groups excluding carboxylic acids is 3. The molecule has 10 heteroatoms. The van der Waals surface area contributed by atoms with E-state index in [1.807, 2.05) is 0 Å². The zero-order chi connectivity index (χ0) is 24.2. The Morgan fingerprint density at radius 3 is 2.53 bits per heavy atom. The van der Waals surface area contributed by atoms with Gasteiger partial charge < -0.3 is 30.3 Å². The molecule has 0 radical (unpaired) electrons. The van der Waals surface area contributed by atoms with Gasteiger partial charge in [-0.25, -0.2) is 9.59 Å². The number of hydrogen-bond acceptors (Lipinski definition) is 8. The summed E-state index contributed by atoms with van der Waals surface area (Å²) in [5.74, 6) is -2.91. The molecule has 0 fully saturated rings. The number of ether oxygens (including phenoxy) is 2. The van der Waals surface area contributed by atoms with Gasteiger partial charge in [0.25, 0.3) is 0 Å². The monoisotopic (exact) mass is 461 g/mol. The summed E-state index contributed by atoms with van der Waals surface area (Å²) in [6, 6.07) is 13.0. The Kier molecular flexibility index (Phi) is 4.67. The zero-order valence-corrected chi connectivity index (χ0v) is 18.0. The normalized spacial score (nSPS) is 18.6. The van der Waals surface area contributed by atoms with Gasteiger partial charge in [0.05, 0.1) is 12.0 Å². The maximum atomic E-state index is 14.2. The minimum absolute atomic E-state index is 0.0125. The topological polar surface area (TPSA) is 155 Å². The summed E-state index contributed by atoms with van der Waals surface area (Å²) in [6.45, 7) is 1.08. The van der Waals surface area contributed by atoms with Gasteiger partial charge in [0.1, 0.15) is 28.7 Å². The first-order valence-corrected chi connectivity index (χ1v) is 10.4. The molecule has 3 heterocycles. The van der Waals surface area contributed by atoms with Crippen LogP contribution in [0.2, 0.25) is 0 Å². The molecule has 2 amide bonds. The average Bonchev–Trinajstić information content (AvgIpc) is 3.02. The van der Waals surface area contributed by atoms with E-state index in [1.165, 1.54) is 0 Å². The molecule has 1 unspecified atom stereocenters. The largest absolute Gasteiger partial charge is 0.462 e. The van der Waals surface area contributed by atoms with Gasteiger partial charge in [-0.1, -0.05) is 30.3 Å². The molecular formula is C24H19N3O7. The summed E-state index contributed by atoms with van der Waals surface area (Å²) < 4.78 is 16.6. The number of amides is 2. The van der Waals surface area contributed by atoms with Crippen molar-refractivity contribution in [3.8, 4) is 5.75 Å². The maximum absolute atomic E-state index is 14.2. The number of nitrogens with zero attached hydrogens (tertiary/aromatic N) is 1. The minimum atomic E-state index is -2.07. The van der Waals surface area contributed by atoms with Crippen LogP contribution in [0.1, 0.15) is 18.1 Å². The van der Waals surface area contributed by atoms with Crippen molar-refractivity contribution in [3.63, 3.8) is 0 Å². The van der Waals surface area contributed by atoms with Crippen LogP contribution in [0.4, 0.5) is 5.69 Å². The molecule has 10 nitrogen and oxygen atoms in total. The van der Waals surface area contributed by atoms with Crippen molar-refractivity contribution in [2.45, 2.75) is 12.3 Å². The molecule has 0 bridgehead atoms. The zero-order valence-electron chi connectivity index (χ0n) is 18.0. The lowest BCUT2D eigenvalue weighted by atomic mass is 9.68. The molecule has 1 atom stereocenters. The Bertz CT molecular complexity index is 1490. The number of fused-ring (bicyclic) bond motifs is 6. The van der Waals surface area contributed by atoms with Crippen LogP contribution in [0.15, 0.2) is 69.2 Å². The highest BCUT2D eigenvalue weighted by Gasteiger charge is 2.63. The highest BCUT2D eigenvalue weighted by atomic mass is 16.5. The van der Waals surface area contributed by atoms with Gasteiger partial charge in [-0.05, 0) is 25.1 Å². The van der Waals surface area contributed by atoms with E-state index in [4.69, 9.17) is 25.4 Å². The first kappa shape index (κ1) is 21.3. The van der Waals surface area contributed by atoms with Crippen LogP contribution in [0.5, 0.6) is 5.75 Å².